The Hall–Kier alpha value is -2.36. The molecule has 1 aromatic carbocycles. The lowest BCUT2D eigenvalue weighted by Crippen LogP contribution is -1.85. The second-order valence-corrected chi connectivity index (χ2v) is 3.65. The molecule has 2 rings (SSSR count). The molecule has 0 spiro atoms. The van der Waals surface area contributed by atoms with Crippen LogP contribution in [0.3, 0.4) is 0 Å². The van der Waals surface area contributed by atoms with Crippen molar-refractivity contribution in [1.82, 2.24) is 0 Å². The Morgan fingerprint density at radius 2 is 2.00 bits per heavy atom. The van der Waals surface area contributed by atoms with E-state index in [1.807, 2.05) is 0 Å². The minimum atomic E-state index is -0.328. The van der Waals surface area contributed by atoms with Gasteiger partial charge in [0.15, 0.2) is 17.3 Å². The van der Waals surface area contributed by atoms with Crippen molar-refractivity contribution in [2.24, 2.45) is 0 Å². The summed E-state index contributed by atoms with van der Waals surface area (Å²) < 4.78 is 23.4. The Labute approximate surface area is 103 Å². The standard InChI is InChI=1S/C14H11FO3/c1-10(16)2-7-13-14(8-9-17-13)18-12-5-3-11(15)4-6-12/h2-9H,1H3. The summed E-state index contributed by atoms with van der Waals surface area (Å²) in [7, 11) is 0. The van der Waals surface area contributed by atoms with E-state index in [2.05, 4.69) is 0 Å². The lowest BCUT2D eigenvalue weighted by Gasteiger charge is -2.03. The number of ketones is 1. The van der Waals surface area contributed by atoms with Gasteiger partial charge in [0.2, 0.25) is 0 Å². The molecule has 4 heteroatoms. The number of rotatable bonds is 4. The van der Waals surface area contributed by atoms with Crippen molar-refractivity contribution >= 4 is 11.9 Å². The van der Waals surface area contributed by atoms with Gasteiger partial charge in [-0.1, -0.05) is 0 Å². The van der Waals surface area contributed by atoms with E-state index < -0.39 is 0 Å². The van der Waals surface area contributed by atoms with Gasteiger partial charge in [0.25, 0.3) is 0 Å². The van der Waals surface area contributed by atoms with Crippen LogP contribution in [0.4, 0.5) is 4.39 Å². The maximum Gasteiger partial charge on any atom is 0.172 e. The SMILES string of the molecule is CC(=O)C=Cc1occc1Oc1ccc(F)cc1. The van der Waals surface area contributed by atoms with Crippen molar-refractivity contribution < 1.29 is 18.3 Å². The fraction of sp³-hybridized carbons (Fsp3) is 0.0714. The largest absolute Gasteiger partial charge is 0.461 e. The van der Waals surface area contributed by atoms with Crippen LogP contribution in [0, 0.1) is 5.82 Å². The van der Waals surface area contributed by atoms with Gasteiger partial charge >= 0.3 is 0 Å². The van der Waals surface area contributed by atoms with E-state index in [0.717, 1.165) is 0 Å². The molecule has 0 fully saturated rings. The molecule has 0 saturated heterocycles. The quantitative estimate of drug-likeness (QED) is 0.770. The first kappa shape index (κ1) is 12.1. The number of hydrogen-bond donors (Lipinski definition) is 0. The molecule has 0 aliphatic rings. The molecule has 0 aliphatic heterocycles. The average molecular weight is 246 g/mol. The van der Waals surface area contributed by atoms with Crippen LogP contribution in [0.15, 0.2) is 47.1 Å². The van der Waals surface area contributed by atoms with Gasteiger partial charge < -0.3 is 9.15 Å². The summed E-state index contributed by atoms with van der Waals surface area (Å²) in [6.07, 6.45) is 4.37. The number of carbonyl (C=O) groups is 1. The molecule has 2 aromatic rings. The van der Waals surface area contributed by atoms with E-state index in [9.17, 15) is 9.18 Å². The first-order valence-corrected chi connectivity index (χ1v) is 5.35. The third-order valence-corrected chi connectivity index (χ3v) is 2.17. The van der Waals surface area contributed by atoms with E-state index in [1.54, 1.807) is 6.07 Å². The molecule has 0 amide bonds. The van der Waals surface area contributed by atoms with Gasteiger partial charge in [-0.3, -0.25) is 4.79 Å². The number of hydrogen-bond acceptors (Lipinski definition) is 3. The Bertz CT molecular complexity index is 567. The molecule has 3 nitrogen and oxygen atoms in total. The minimum absolute atomic E-state index is 0.0841. The highest BCUT2D eigenvalue weighted by Gasteiger charge is 2.06. The van der Waals surface area contributed by atoms with Gasteiger partial charge in [0.1, 0.15) is 11.6 Å². The van der Waals surface area contributed by atoms with Gasteiger partial charge in [-0.25, -0.2) is 4.39 Å². The van der Waals surface area contributed by atoms with E-state index >= 15 is 0 Å². The van der Waals surface area contributed by atoms with Crippen LogP contribution in [0.5, 0.6) is 11.5 Å². The fourth-order valence-electron chi connectivity index (χ4n) is 1.34. The average Bonchev–Trinajstić information content (AvgIpc) is 2.77. The normalized spacial score (nSPS) is 10.8. The number of benzene rings is 1. The predicted octanol–water partition coefficient (Wildman–Crippen LogP) is 3.81. The van der Waals surface area contributed by atoms with E-state index in [4.69, 9.17) is 9.15 Å². The molecular formula is C14H11FO3. The zero-order valence-corrected chi connectivity index (χ0v) is 9.72. The van der Waals surface area contributed by atoms with Crippen molar-refractivity contribution in [3.8, 4) is 11.5 Å². The van der Waals surface area contributed by atoms with Crippen LogP contribution in [-0.4, -0.2) is 5.78 Å². The summed E-state index contributed by atoms with van der Waals surface area (Å²) in [6.45, 7) is 1.44. The molecular weight excluding hydrogens is 235 g/mol. The highest BCUT2D eigenvalue weighted by molar-refractivity contribution is 5.91. The van der Waals surface area contributed by atoms with Crippen molar-refractivity contribution in [3.05, 3.63) is 54.2 Å². The van der Waals surface area contributed by atoms with E-state index in [1.165, 1.54) is 49.6 Å². The molecule has 0 bridgehead atoms. The first-order valence-electron chi connectivity index (χ1n) is 5.35. The minimum Gasteiger partial charge on any atom is -0.461 e. The zero-order valence-electron chi connectivity index (χ0n) is 9.72. The molecule has 0 N–H and O–H groups in total. The summed E-state index contributed by atoms with van der Waals surface area (Å²) in [4.78, 5) is 10.8. The topological polar surface area (TPSA) is 39.4 Å². The third-order valence-electron chi connectivity index (χ3n) is 2.17. The van der Waals surface area contributed by atoms with Crippen molar-refractivity contribution in [3.63, 3.8) is 0 Å². The molecule has 92 valence electrons. The molecule has 0 unspecified atom stereocenters. The Balaban J connectivity index is 2.17. The highest BCUT2D eigenvalue weighted by Crippen LogP contribution is 2.27. The number of halogens is 1. The van der Waals surface area contributed by atoms with Gasteiger partial charge in [-0.15, -0.1) is 0 Å². The summed E-state index contributed by atoms with van der Waals surface area (Å²) >= 11 is 0. The lowest BCUT2D eigenvalue weighted by atomic mass is 10.3. The van der Waals surface area contributed by atoms with Crippen molar-refractivity contribution in [2.45, 2.75) is 6.92 Å². The number of carbonyl (C=O) groups excluding carboxylic acids is 1. The molecule has 0 radical (unpaired) electrons. The van der Waals surface area contributed by atoms with Gasteiger partial charge in [-0.2, -0.15) is 0 Å². The number of furan rings is 1. The molecule has 0 saturated carbocycles. The van der Waals surface area contributed by atoms with Crippen LogP contribution in [0.1, 0.15) is 12.7 Å². The summed E-state index contributed by atoms with van der Waals surface area (Å²) in [5, 5.41) is 0. The van der Waals surface area contributed by atoms with Crippen molar-refractivity contribution in [1.29, 1.82) is 0 Å². The molecule has 0 aliphatic carbocycles. The maximum atomic E-state index is 12.7. The predicted molar refractivity (Wildman–Crippen MR) is 64.9 cm³/mol. The van der Waals surface area contributed by atoms with Gasteiger partial charge in [0.05, 0.1) is 6.26 Å². The van der Waals surface area contributed by atoms with Gasteiger partial charge in [-0.05, 0) is 43.3 Å². The number of ether oxygens (including phenoxy) is 1. The van der Waals surface area contributed by atoms with Gasteiger partial charge in [0, 0.05) is 6.07 Å². The van der Waals surface area contributed by atoms with Crippen LogP contribution < -0.4 is 4.74 Å². The summed E-state index contributed by atoms with van der Waals surface area (Å²) in [5.41, 5.74) is 0. The van der Waals surface area contributed by atoms with E-state index in [0.29, 0.717) is 17.3 Å². The molecule has 1 aromatic heterocycles. The lowest BCUT2D eigenvalue weighted by molar-refractivity contribution is -0.112. The Morgan fingerprint density at radius 3 is 2.67 bits per heavy atom. The Kier molecular flexibility index (Phi) is 3.57. The van der Waals surface area contributed by atoms with E-state index in [-0.39, 0.29) is 11.6 Å². The summed E-state index contributed by atoms with van der Waals surface area (Å²) in [5.74, 6) is 0.995. The summed E-state index contributed by atoms with van der Waals surface area (Å²) in [6, 6.07) is 7.27. The van der Waals surface area contributed by atoms with Crippen LogP contribution in [-0.2, 0) is 4.79 Å². The molecule has 0 atom stereocenters. The molecule has 18 heavy (non-hydrogen) atoms. The second kappa shape index (κ2) is 5.31. The first-order chi connectivity index (χ1) is 8.65. The maximum absolute atomic E-state index is 12.7. The zero-order chi connectivity index (χ0) is 13.0. The van der Waals surface area contributed by atoms with Crippen molar-refractivity contribution in [2.75, 3.05) is 0 Å². The van der Waals surface area contributed by atoms with Crippen LogP contribution in [0.2, 0.25) is 0 Å². The fourth-order valence-corrected chi connectivity index (χ4v) is 1.34. The highest BCUT2D eigenvalue weighted by atomic mass is 19.1. The Morgan fingerprint density at radius 1 is 1.28 bits per heavy atom. The second-order valence-electron chi connectivity index (χ2n) is 3.65. The van der Waals surface area contributed by atoms with Crippen LogP contribution in [0.25, 0.3) is 6.08 Å². The monoisotopic (exact) mass is 246 g/mol. The smallest absolute Gasteiger partial charge is 0.172 e. The van der Waals surface area contributed by atoms with Crippen LogP contribution >= 0.6 is 0 Å². The third kappa shape index (κ3) is 3.07. The number of allylic oxidation sites excluding steroid dienone is 1. The molecule has 1 heterocycles.